The van der Waals surface area contributed by atoms with E-state index < -0.39 is 0 Å². The Morgan fingerprint density at radius 1 is 0.870 bits per heavy atom. The van der Waals surface area contributed by atoms with Crippen molar-refractivity contribution in [3.63, 3.8) is 0 Å². The topological polar surface area (TPSA) is 17.8 Å². The molecule has 0 fully saturated rings. The van der Waals surface area contributed by atoms with Gasteiger partial charge in [-0.1, -0.05) is 117 Å². The molecule has 3 aromatic carbocycles. The smallest absolute Gasteiger partial charge is 0.141 e. The van der Waals surface area contributed by atoms with E-state index in [4.69, 9.17) is 11.6 Å². The second kappa shape index (κ2) is 15.4. The zero-order valence-corrected chi connectivity index (χ0v) is 28.9. The molecule has 4 rings (SSSR count). The molecule has 1 heterocycles. The van der Waals surface area contributed by atoms with E-state index in [0.29, 0.717) is 0 Å². The number of benzene rings is 3. The predicted octanol–water partition coefficient (Wildman–Crippen LogP) is 12.5. The first-order chi connectivity index (χ1) is 22.2. The van der Waals surface area contributed by atoms with Crippen molar-refractivity contribution >= 4 is 33.1 Å². The summed E-state index contributed by atoms with van der Waals surface area (Å²) >= 11 is 0. The highest BCUT2D eigenvalue weighted by Crippen LogP contribution is 2.40. The Kier molecular flexibility index (Phi) is 11.3. The van der Waals surface area contributed by atoms with Gasteiger partial charge in [0.2, 0.25) is 0 Å². The van der Waals surface area contributed by atoms with Crippen molar-refractivity contribution in [3.05, 3.63) is 162 Å². The lowest BCUT2D eigenvalue weighted by Crippen LogP contribution is -2.00. The Hall–Kier alpha value is -4.95. The van der Waals surface area contributed by atoms with Crippen molar-refractivity contribution in [2.45, 2.75) is 54.9 Å². The lowest BCUT2D eigenvalue weighted by Gasteiger charge is -2.19. The maximum Gasteiger partial charge on any atom is 0.141 e. The van der Waals surface area contributed by atoms with Gasteiger partial charge in [0.25, 0.3) is 0 Å². The van der Waals surface area contributed by atoms with Gasteiger partial charge in [-0.2, -0.15) is 0 Å². The highest BCUT2D eigenvalue weighted by Gasteiger charge is 2.21. The number of allylic oxidation sites excluding steroid dienone is 14. The molecule has 0 radical (unpaired) electrons. The van der Waals surface area contributed by atoms with E-state index in [2.05, 4.69) is 145 Å². The van der Waals surface area contributed by atoms with Gasteiger partial charge < -0.3 is 4.57 Å². The molecule has 0 saturated heterocycles. The van der Waals surface area contributed by atoms with E-state index in [1.165, 1.54) is 27.5 Å². The standard InChI is InChI=1S/C44H48N2/c1-11-15-16-22-32(7)43-34(9)46(10)44(45-43)40-28-27-36-23-17-18-26-39(36)42(40)35(14-4)29-41(30(5)13-3)33(8)38-25-20-19-24-37(38)31(6)21-12-2/h11,13-29H,7-8,12H2,1-6,9-10H3/b15-11-,22-16-,30-13+,31-21+,35-14+,41-29-. The van der Waals surface area contributed by atoms with Gasteiger partial charge in [-0.05, 0) is 115 Å². The molecular weight excluding hydrogens is 556 g/mol. The summed E-state index contributed by atoms with van der Waals surface area (Å²) < 4.78 is 2.19. The average Bonchev–Trinajstić information content (AvgIpc) is 3.37. The Morgan fingerprint density at radius 3 is 2.24 bits per heavy atom. The summed E-state index contributed by atoms with van der Waals surface area (Å²) in [6, 6.07) is 21.6. The molecule has 0 N–H and O–H groups in total. The molecule has 0 atom stereocenters. The third-order valence-corrected chi connectivity index (χ3v) is 8.73. The quantitative estimate of drug-likeness (QED) is 0.156. The summed E-state index contributed by atoms with van der Waals surface area (Å²) in [6.07, 6.45) is 18.0. The molecule has 0 unspecified atom stereocenters. The molecule has 0 aliphatic rings. The first-order valence-electron chi connectivity index (χ1n) is 16.2. The zero-order chi connectivity index (χ0) is 33.4. The first kappa shape index (κ1) is 33.9. The predicted molar refractivity (Wildman–Crippen MR) is 204 cm³/mol. The summed E-state index contributed by atoms with van der Waals surface area (Å²) in [5.41, 5.74) is 13.2. The number of aromatic nitrogens is 2. The largest absolute Gasteiger partial charge is 0.331 e. The minimum atomic E-state index is 0.888. The number of nitrogens with zero attached hydrogens (tertiary/aromatic N) is 2. The van der Waals surface area contributed by atoms with Crippen molar-refractivity contribution in [3.8, 4) is 11.4 Å². The number of imidazole rings is 1. The third kappa shape index (κ3) is 6.97. The van der Waals surface area contributed by atoms with Gasteiger partial charge in [0.1, 0.15) is 5.82 Å². The summed E-state index contributed by atoms with van der Waals surface area (Å²) in [5.74, 6) is 0.912. The fourth-order valence-electron chi connectivity index (χ4n) is 5.96. The minimum absolute atomic E-state index is 0.888. The van der Waals surface area contributed by atoms with Crippen LogP contribution < -0.4 is 0 Å². The Labute approximate surface area is 276 Å². The second-order valence-electron chi connectivity index (χ2n) is 11.6. The van der Waals surface area contributed by atoms with Crippen molar-refractivity contribution in [1.82, 2.24) is 9.55 Å². The molecule has 0 amide bonds. The Bertz CT molecular complexity index is 1960. The van der Waals surface area contributed by atoms with Crippen LogP contribution in [0, 0.1) is 6.92 Å². The fraction of sp³-hybridized carbons (Fsp3) is 0.205. The second-order valence-corrected chi connectivity index (χ2v) is 11.6. The molecule has 0 aliphatic heterocycles. The van der Waals surface area contributed by atoms with Crippen LogP contribution in [-0.2, 0) is 7.05 Å². The van der Waals surface area contributed by atoms with Crippen molar-refractivity contribution in [2.75, 3.05) is 0 Å². The Morgan fingerprint density at radius 2 is 1.57 bits per heavy atom. The molecule has 0 spiro atoms. The summed E-state index contributed by atoms with van der Waals surface area (Å²) in [6.45, 7) is 23.9. The number of fused-ring (bicyclic) bond motifs is 1. The molecular formula is C44H48N2. The highest BCUT2D eigenvalue weighted by atomic mass is 15.1. The molecule has 0 bridgehead atoms. The SMILES string of the molecule is C=C(C(=C\C(=C/C)c1c(-c2nc(C(=C)/C=C\C=C/C)c(C)n2C)ccc2ccccc12)/C(C)=C/C)c1ccccc1/C(C)=C/CC. The fourth-order valence-corrected chi connectivity index (χ4v) is 5.96. The maximum atomic E-state index is 5.21. The van der Waals surface area contributed by atoms with Crippen molar-refractivity contribution in [1.29, 1.82) is 0 Å². The number of rotatable bonds is 11. The van der Waals surface area contributed by atoms with Gasteiger partial charge in [-0.15, -0.1) is 0 Å². The average molecular weight is 605 g/mol. The van der Waals surface area contributed by atoms with Gasteiger partial charge in [-0.25, -0.2) is 4.98 Å². The van der Waals surface area contributed by atoms with Gasteiger partial charge in [0.15, 0.2) is 0 Å². The van der Waals surface area contributed by atoms with E-state index >= 15 is 0 Å². The number of hydrogen-bond donors (Lipinski definition) is 0. The van der Waals surface area contributed by atoms with E-state index in [0.717, 1.165) is 62.6 Å². The summed E-state index contributed by atoms with van der Waals surface area (Å²) in [5, 5.41) is 2.37. The molecule has 46 heavy (non-hydrogen) atoms. The van der Waals surface area contributed by atoms with Gasteiger partial charge >= 0.3 is 0 Å². The van der Waals surface area contributed by atoms with Crippen LogP contribution in [0.3, 0.4) is 0 Å². The van der Waals surface area contributed by atoms with E-state index in [1.807, 2.05) is 31.2 Å². The van der Waals surface area contributed by atoms with Crippen LogP contribution in [0.15, 0.2) is 134 Å². The molecule has 2 nitrogen and oxygen atoms in total. The molecule has 4 aromatic rings. The third-order valence-electron chi connectivity index (χ3n) is 8.73. The number of hydrogen-bond acceptors (Lipinski definition) is 1. The van der Waals surface area contributed by atoms with Gasteiger partial charge in [0, 0.05) is 23.9 Å². The van der Waals surface area contributed by atoms with Crippen LogP contribution in [-0.4, -0.2) is 9.55 Å². The van der Waals surface area contributed by atoms with Crippen LogP contribution in [0.25, 0.3) is 44.5 Å². The molecule has 2 heteroatoms. The van der Waals surface area contributed by atoms with E-state index in [-0.39, 0.29) is 0 Å². The van der Waals surface area contributed by atoms with Gasteiger partial charge in [-0.3, -0.25) is 0 Å². The summed E-state index contributed by atoms with van der Waals surface area (Å²) in [4.78, 5) is 5.21. The molecule has 0 saturated carbocycles. The van der Waals surface area contributed by atoms with E-state index in [9.17, 15) is 0 Å². The summed E-state index contributed by atoms with van der Waals surface area (Å²) in [7, 11) is 2.09. The van der Waals surface area contributed by atoms with Gasteiger partial charge in [0.05, 0.1) is 5.69 Å². The zero-order valence-electron chi connectivity index (χ0n) is 28.9. The highest BCUT2D eigenvalue weighted by molar-refractivity contribution is 6.03. The van der Waals surface area contributed by atoms with E-state index in [1.54, 1.807) is 0 Å². The normalized spacial score (nSPS) is 13.4. The van der Waals surface area contributed by atoms with Crippen molar-refractivity contribution < 1.29 is 0 Å². The van der Waals surface area contributed by atoms with Crippen LogP contribution in [0.1, 0.15) is 76.0 Å². The monoisotopic (exact) mass is 604 g/mol. The van der Waals surface area contributed by atoms with Crippen molar-refractivity contribution in [2.24, 2.45) is 7.05 Å². The lowest BCUT2D eigenvalue weighted by molar-refractivity contribution is 0.883. The molecule has 1 aromatic heterocycles. The minimum Gasteiger partial charge on any atom is -0.331 e. The van der Waals surface area contributed by atoms with Crippen LogP contribution in [0.5, 0.6) is 0 Å². The van der Waals surface area contributed by atoms with Crippen LogP contribution >= 0.6 is 0 Å². The maximum absolute atomic E-state index is 5.21. The Balaban J connectivity index is 1.98. The first-order valence-corrected chi connectivity index (χ1v) is 16.2. The lowest BCUT2D eigenvalue weighted by atomic mass is 9.85. The molecule has 0 aliphatic carbocycles. The van der Waals surface area contributed by atoms with Crippen LogP contribution in [0.2, 0.25) is 0 Å². The van der Waals surface area contributed by atoms with Crippen LogP contribution in [0.4, 0.5) is 0 Å². The molecule has 234 valence electrons.